The van der Waals surface area contributed by atoms with Crippen molar-refractivity contribution < 1.29 is 4.74 Å². The molecule has 0 N–H and O–H groups in total. The topological polar surface area (TPSA) is 38.2 Å². The zero-order valence-corrected chi connectivity index (χ0v) is 11.5. The molecule has 0 unspecified atom stereocenters. The summed E-state index contributed by atoms with van der Waals surface area (Å²) in [6, 6.07) is 1.96. The van der Waals surface area contributed by atoms with Crippen molar-refractivity contribution in [3.05, 3.63) is 22.4 Å². The van der Waals surface area contributed by atoms with Crippen LogP contribution >= 0.6 is 22.9 Å². The molecule has 0 aromatic carbocycles. The van der Waals surface area contributed by atoms with Crippen LogP contribution in [0.1, 0.15) is 12.2 Å². The van der Waals surface area contributed by atoms with Gasteiger partial charge in [0, 0.05) is 25.1 Å². The fourth-order valence-electron chi connectivity index (χ4n) is 2.09. The molecule has 0 aliphatic carbocycles. The van der Waals surface area contributed by atoms with Gasteiger partial charge in [-0.2, -0.15) is 0 Å². The molecular formula is C12H14ClN3OS. The Morgan fingerprint density at radius 3 is 3.22 bits per heavy atom. The lowest BCUT2D eigenvalue weighted by Crippen LogP contribution is -2.26. The smallest absolute Gasteiger partial charge is 0.145 e. The minimum atomic E-state index is 0.558. The Bertz CT molecular complexity index is 537. The van der Waals surface area contributed by atoms with Gasteiger partial charge < -0.3 is 4.74 Å². The molecule has 2 aromatic heterocycles. The summed E-state index contributed by atoms with van der Waals surface area (Å²) in [6.45, 7) is 4.35. The maximum Gasteiger partial charge on any atom is 0.145 e. The summed E-state index contributed by atoms with van der Waals surface area (Å²) >= 11 is 7.77. The zero-order chi connectivity index (χ0) is 12.4. The van der Waals surface area contributed by atoms with E-state index in [1.54, 1.807) is 11.3 Å². The molecule has 1 saturated heterocycles. The van der Waals surface area contributed by atoms with Crippen LogP contribution in [0.2, 0.25) is 5.15 Å². The molecule has 3 heterocycles. The van der Waals surface area contributed by atoms with Gasteiger partial charge >= 0.3 is 0 Å². The number of hydrogen-bond acceptors (Lipinski definition) is 5. The van der Waals surface area contributed by atoms with Gasteiger partial charge in [0.2, 0.25) is 0 Å². The van der Waals surface area contributed by atoms with Crippen LogP contribution in [0.3, 0.4) is 0 Å². The van der Waals surface area contributed by atoms with Crippen molar-refractivity contribution in [2.24, 2.45) is 0 Å². The van der Waals surface area contributed by atoms with E-state index < -0.39 is 0 Å². The van der Waals surface area contributed by atoms with E-state index in [4.69, 9.17) is 16.3 Å². The Balaban J connectivity index is 1.80. The lowest BCUT2D eigenvalue weighted by Gasteiger charge is -2.17. The fraction of sp³-hybridized carbons (Fsp3) is 0.500. The van der Waals surface area contributed by atoms with Crippen LogP contribution in [0.5, 0.6) is 0 Å². The molecule has 0 amide bonds. The summed E-state index contributed by atoms with van der Waals surface area (Å²) in [6.07, 6.45) is 1.06. The number of rotatable bonds is 2. The van der Waals surface area contributed by atoms with E-state index in [1.807, 2.05) is 11.4 Å². The number of aromatic nitrogens is 2. The van der Waals surface area contributed by atoms with Crippen molar-refractivity contribution in [1.29, 1.82) is 0 Å². The molecule has 0 saturated carbocycles. The summed E-state index contributed by atoms with van der Waals surface area (Å²) < 4.78 is 5.44. The lowest BCUT2D eigenvalue weighted by atomic mass is 10.3. The molecule has 1 aliphatic heterocycles. The van der Waals surface area contributed by atoms with E-state index >= 15 is 0 Å². The van der Waals surface area contributed by atoms with Gasteiger partial charge in [0.15, 0.2) is 0 Å². The molecule has 0 bridgehead atoms. The van der Waals surface area contributed by atoms with Crippen LogP contribution < -0.4 is 0 Å². The Hall–Kier alpha value is -0.750. The van der Waals surface area contributed by atoms with Crippen LogP contribution in [0, 0.1) is 0 Å². The molecule has 3 rings (SSSR count). The number of halogens is 1. The predicted molar refractivity (Wildman–Crippen MR) is 73.1 cm³/mol. The largest absolute Gasteiger partial charge is 0.380 e. The Kier molecular flexibility index (Phi) is 3.75. The first-order valence-electron chi connectivity index (χ1n) is 6.02. The van der Waals surface area contributed by atoms with Crippen molar-refractivity contribution in [3.8, 4) is 0 Å². The van der Waals surface area contributed by atoms with Gasteiger partial charge in [0.05, 0.1) is 13.2 Å². The maximum absolute atomic E-state index is 6.17. The Morgan fingerprint density at radius 1 is 1.33 bits per heavy atom. The first kappa shape index (κ1) is 12.3. The van der Waals surface area contributed by atoms with E-state index in [-0.39, 0.29) is 0 Å². The minimum absolute atomic E-state index is 0.558. The van der Waals surface area contributed by atoms with E-state index in [2.05, 4.69) is 14.9 Å². The van der Waals surface area contributed by atoms with Crippen molar-refractivity contribution >= 4 is 33.2 Å². The highest BCUT2D eigenvalue weighted by atomic mass is 35.5. The van der Waals surface area contributed by atoms with E-state index in [0.717, 1.165) is 55.3 Å². The van der Waals surface area contributed by atoms with Crippen LogP contribution in [-0.2, 0) is 11.3 Å². The third kappa shape index (κ3) is 2.64. The summed E-state index contributed by atoms with van der Waals surface area (Å²) in [4.78, 5) is 12.2. The number of thiophene rings is 1. The Morgan fingerprint density at radius 2 is 2.28 bits per heavy atom. The second-order valence-electron chi connectivity index (χ2n) is 4.31. The van der Waals surface area contributed by atoms with Gasteiger partial charge in [-0.25, -0.2) is 9.97 Å². The third-order valence-corrected chi connectivity index (χ3v) is 4.10. The van der Waals surface area contributed by atoms with Crippen LogP contribution in [-0.4, -0.2) is 41.2 Å². The number of hydrogen-bond donors (Lipinski definition) is 0. The fourth-order valence-corrected chi connectivity index (χ4v) is 3.18. The second kappa shape index (κ2) is 5.48. The summed E-state index contributed by atoms with van der Waals surface area (Å²) in [5.74, 6) is 0.803. The molecule has 1 aliphatic rings. The average Bonchev–Trinajstić information content (AvgIpc) is 2.68. The van der Waals surface area contributed by atoms with Gasteiger partial charge in [-0.15, -0.1) is 11.3 Å². The quantitative estimate of drug-likeness (QED) is 0.794. The van der Waals surface area contributed by atoms with Crippen molar-refractivity contribution in [2.75, 3.05) is 26.3 Å². The molecule has 6 heteroatoms. The van der Waals surface area contributed by atoms with Crippen molar-refractivity contribution in [1.82, 2.24) is 14.9 Å². The van der Waals surface area contributed by atoms with Gasteiger partial charge in [-0.1, -0.05) is 11.6 Å². The molecule has 18 heavy (non-hydrogen) atoms. The summed E-state index contributed by atoms with van der Waals surface area (Å²) in [5.41, 5.74) is 0. The van der Waals surface area contributed by atoms with Crippen LogP contribution in [0.4, 0.5) is 0 Å². The van der Waals surface area contributed by atoms with Gasteiger partial charge in [0.25, 0.3) is 0 Å². The van der Waals surface area contributed by atoms with Crippen molar-refractivity contribution in [2.45, 2.75) is 13.0 Å². The van der Waals surface area contributed by atoms with Gasteiger partial charge in [-0.05, 0) is 17.9 Å². The van der Waals surface area contributed by atoms with Gasteiger partial charge in [0.1, 0.15) is 15.8 Å². The second-order valence-corrected chi connectivity index (χ2v) is 5.56. The van der Waals surface area contributed by atoms with Crippen molar-refractivity contribution in [3.63, 3.8) is 0 Å². The predicted octanol–water partition coefficient (Wildman–Crippen LogP) is 2.57. The monoisotopic (exact) mass is 283 g/mol. The molecule has 0 radical (unpaired) electrons. The SMILES string of the molecule is Clc1nc(CN2CCCOCC2)nc2sccc12. The van der Waals surface area contributed by atoms with E-state index in [1.165, 1.54) is 0 Å². The highest BCUT2D eigenvalue weighted by Gasteiger charge is 2.13. The average molecular weight is 284 g/mol. The Labute approximate surface area is 115 Å². The summed E-state index contributed by atoms with van der Waals surface area (Å²) in [7, 11) is 0. The molecule has 1 fully saturated rings. The zero-order valence-electron chi connectivity index (χ0n) is 9.93. The van der Waals surface area contributed by atoms with Gasteiger partial charge in [-0.3, -0.25) is 4.90 Å². The van der Waals surface area contributed by atoms with Crippen LogP contribution in [0.25, 0.3) is 10.2 Å². The molecular weight excluding hydrogens is 270 g/mol. The number of ether oxygens (including phenoxy) is 1. The first-order valence-corrected chi connectivity index (χ1v) is 7.28. The molecule has 0 atom stereocenters. The maximum atomic E-state index is 6.17. The number of fused-ring (bicyclic) bond motifs is 1. The normalized spacial score (nSPS) is 18.1. The highest BCUT2D eigenvalue weighted by molar-refractivity contribution is 7.16. The van der Waals surface area contributed by atoms with E-state index in [9.17, 15) is 0 Å². The standard InChI is InChI=1S/C12H14ClN3OS/c13-11-9-2-7-18-12(9)15-10(14-11)8-16-3-1-5-17-6-4-16/h2,7H,1,3-6,8H2. The minimum Gasteiger partial charge on any atom is -0.380 e. The molecule has 96 valence electrons. The number of nitrogens with zero attached hydrogens (tertiary/aromatic N) is 3. The molecule has 2 aromatic rings. The molecule has 0 spiro atoms. The van der Waals surface area contributed by atoms with Crippen LogP contribution in [0.15, 0.2) is 11.4 Å². The van der Waals surface area contributed by atoms with E-state index in [0.29, 0.717) is 5.15 Å². The summed E-state index contributed by atoms with van der Waals surface area (Å²) in [5, 5.41) is 3.50. The lowest BCUT2D eigenvalue weighted by molar-refractivity contribution is 0.140. The highest BCUT2D eigenvalue weighted by Crippen LogP contribution is 2.25. The third-order valence-electron chi connectivity index (χ3n) is 3.00. The molecule has 4 nitrogen and oxygen atoms in total. The first-order chi connectivity index (χ1) is 8.83.